The molecule has 0 N–H and O–H groups in total. The van der Waals surface area contributed by atoms with E-state index in [-0.39, 0.29) is 52.8 Å². The van der Waals surface area contributed by atoms with Crippen LogP contribution >= 0.6 is 0 Å². The molecule has 6 unspecified atom stereocenters. The maximum atomic E-state index is 7.15. The smallest absolute Gasteiger partial charge is 0.415 e. The standard InChI is InChI=1S/C91H210O15Si16/c1-86(56-35-41-71-107(7)8)101-113(19,20)77-47-62-92-119(31,93-63-48-78-114(21,22)102-87(2)57-36-42-72-108(9)10)83-53-68-98-122(34,99-69-54-84-120(32,94-64-49-79-115(23,24)103-88(3)58-37-43-73-109(11)12)95-65-50-80-116(25,26)104-89(4)59-38-44-74-110(13)14)100-70-55-85-121(33,96-66-51-81-117(27,28)105-90(5)60-39-45-75-111(15)16)97-67-52-82-118(29,30)106-91(6)61-40-46-76-112(17)18/h86-91H,35-85H2,1-34H3. The van der Waals surface area contributed by atoms with Crippen LogP contribution in [0, 0.1) is 0 Å². The van der Waals surface area contributed by atoms with Crippen molar-refractivity contribution in [3.63, 3.8) is 0 Å². The van der Waals surface area contributed by atoms with Crippen molar-refractivity contribution in [1.29, 1.82) is 0 Å². The number of hydrogen-bond donors (Lipinski definition) is 0. The number of unbranched alkanes of at least 4 members (excludes halogenated alkanes) is 6. The molecule has 0 heterocycles. The highest BCUT2D eigenvalue weighted by atomic mass is 28.4. The van der Waals surface area contributed by atoms with Gasteiger partial charge in [0.25, 0.3) is 0 Å². The summed E-state index contributed by atoms with van der Waals surface area (Å²) in [7, 11) is -23.9. The Labute approximate surface area is 782 Å². The van der Waals surface area contributed by atoms with E-state index in [9.17, 15) is 0 Å². The summed E-state index contributed by atoms with van der Waals surface area (Å²) in [6, 6.07) is 17.2. The average Bonchev–Trinajstić information content (AvgIpc) is 0.872. The zero-order valence-electron chi connectivity index (χ0n) is 87.7. The van der Waals surface area contributed by atoms with Crippen molar-refractivity contribution in [2.45, 2.75) is 526 Å². The van der Waals surface area contributed by atoms with Gasteiger partial charge < -0.3 is 66.4 Å². The molecule has 0 bridgehead atoms. The van der Waals surface area contributed by atoms with E-state index in [1.807, 2.05) is 0 Å². The molecular formula is C91H210O15Si16. The van der Waals surface area contributed by atoms with Gasteiger partial charge in [0.05, 0.1) is 0 Å². The molecule has 31 heteroatoms. The maximum absolute atomic E-state index is 7.15. The third-order valence-corrected chi connectivity index (χ3v) is 58.3. The van der Waals surface area contributed by atoms with E-state index in [0.717, 1.165) is 151 Å². The van der Waals surface area contributed by atoms with E-state index in [1.54, 1.807) is 0 Å². The molecule has 0 aliphatic heterocycles. The molecule has 0 amide bonds. The van der Waals surface area contributed by atoms with Gasteiger partial charge in [0.15, 0.2) is 49.9 Å². The molecule has 0 saturated carbocycles. The minimum atomic E-state index is -3.28. The molecule has 0 fully saturated rings. The van der Waals surface area contributed by atoms with Crippen molar-refractivity contribution in [2.24, 2.45) is 0 Å². The molecule has 6 atom stereocenters. The van der Waals surface area contributed by atoms with Gasteiger partial charge in [-0.3, -0.25) is 0 Å². The van der Waals surface area contributed by atoms with Crippen molar-refractivity contribution < 1.29 is 66.4 Å². The summed E-state index contributed by atoms with van der Waals surface area (Å²) in [5, 5.41) is 0. The van der Waals surface area contributed by atoms with Crippen molar-refractivity contribution >= 4 is 137 Å². The SMILES string of the molecule is CC(CCCC[Si](C)C)O[Si](C)(C)CCCO[Si](C)(CCCO[Si](C)(OCCC[Si](C)(OCCC[Si](C)(C)OC(C)CCCC[Si](C)C)OCCC[Si](C)(C)OC(C)CCCC[Si](C)C)OCCC[Si](C)(OCCC[Si](C)(C)OC(C)CCCC[Si](C)C)OCCC[Si](C)(C)OC(C)CCCC[Si](C)C)OCCC[Si](C)(C)OC(C)CCCC[Si](C)C. The third-order valence-electron chi connectivity index (χ3n) is 23.7. The Morgan fingerprint density at radius 3 is 0.443 bits per heavy atom. The Kier molecular flexibility index (Phi) is 70.4. The highest BCUT2D eigenvalue weighted by molar-refractivity contribution is 6.74. The zero-order chi connectivity index (χ0) is 92.6. The minimum absolute atomic E-state index is 0.184. The van der Waals surface area contributed by atoms with Gasteiger partial charge in [-0.25, -0.2) is 0 Å². The topological polar surface area (TPSA) is 138 Å². The summed E-state index contributed by atoms with van der Waals surface area (Å²) in [5.41, 5.74) is 0. The van der Waals surface area contributed by atoms with Crippen LogP contribution in [-0.2, 0) is 66.4 Å². The van der Waals surface area contributed by atoms with E-state index < -0.39 is 84.4 Å². The molecule has 6 radical (unpaired) electrons. The van der Waals surface area contributed by atoms with Crippen LogP contribution in [-0.4, -0.2) is 233 Å². The van der Waals surface area contributed by atoms with Crippen molar-refractivity contribution in [2.75, 3.05) is 59.5 Å². The highest BCUT2D eigenvalue weighted by Gasteiger charge is 2.41. The average molecular weight is 1990 g/mol. The predicted molar refractivity (Wildman–Crippen MR) is 570 cm³/mol. The lowest BCUT2D eigenvalue weighted by Gasteiger charge is -2.32. The first kappa shape index (κ1) is 125. The predicted octanol–water partition coefficient (Wildman–Crippen LogP) is 29.6. The Morgan fingerprint density at radius 2 is 0.303 bits per heavy atom. The molecule has 728 valence electrons. The normalized spacial score (nSPS) is 16.8. The summed E-state index contributed by atoms with van der Waals surface area (Å²) in [6.07, 6.45) is 32.4. The van der Waals surface area contributed by atoms with E-state index in [1.165, 1.54) is 113 Å². The zero-order valence-corrected chi connectivity index (χ0v) is 104. The molecule has 0 spiro atoms. The maximum Gasteiger partial charge on any atom is 0.497 e. The van der Waals surface area contributed by atoms with E-state index in [2.05, 4.69) is 225 Å². The third kappa shape index (κ3) is 75.1. The van der Waals surface area contributed by atoms with Gasteiger partial charge in [-0.05, 0) is 290 Å². The van der Waals surface area contributed by atoms with Gasteiger partial charge in [-0.1, -0.05) is 192 Å². The van der Waals surface area contributed by atoms with Crippen molar-refractivity contribution in [3.05, 3.63) is 0 Å². The second-order valence-electron chi connectivity index (χ2n) is 43.7. The molecule has 0 aromatic heterocycles. The first-order valence-corrected chi connectivity index (χ1v) is 95.0. The fourth-order valence-electron chi connectivity index (χ4n) is 16.8. The van der Waals surface area contributed by atoms with Crippen LogP contribution in [0.4, 0.5) is 0 Å². The van der Waals surface area contributed by atoms with Crippen molar-refractivity contribution in [3.8, 4) is 0 Å². The van der Waals surface area contributed by atoms with Crippen LogP contribution < -0.4 is 0 Å². The van der Waals surface area contributed by atoms with E-state index in [4.69, 9.17) is 66.4 Å². The molecule has 15 nitrogen and oxygen atoms in total. The van der Waals surface area contributed by atoms with Gasteiger partial charge in [0, 0.05) is 155 Å². The second-order valence-corrected chi connectivity index (χ2v) is 99.3. The Bertz CT molecular complexity index is 2080. The van der Waals surface area contributed by atoms with Crippen LogP contribution in [0.1, 0.15) is 215 Å². The van der Waals surface area contributed by atoms with Gasteiger partial charge >= 0.3 is 34.5 Å². The van der Waals surface area contributed by atoms with Crippen LogP contribution in [0.2, 0.25) is 274 Å². The van der Waals surface area contributed by atoms with Crippen LogP contribution in [0.25, 0.3) is 0 Å². The minimum Gasteiger partial charge on any atom is -0.415 e. The second kappa shape index (κ2) is 68.8. The lowest BCUT2D eigenvalue weighted by Crippen LogP contribution is -2.45. The molecule has 0 saturated heterocycles. The summed E-state index contributed by atoms with van der Waals surface area (Å²) in [5.74, 6) is 0. The largest absolute Gasteiger partial charge is 0.497 e. The Balaban J connectivity index is 7.33. The number of rotatable bonds is 87. The summed E-state index contributed by atoms with van der Waals surface area (Å²) in [6.45, 7) is 86.4. The summed E-state index contributed by atoms with van der Waals surface area (Å²) in [4.78, 5) is 0. The lowest BCUT2D eigenvalue weighted by molar-refractivity contribution is 0.0628. The Morgan fingerprint density at radius 1 is 0.172 bits per heavy atom. The van der Waals surface area contributed by atoms with Crippen LogP contribution in [0.15, 0.2) is 0 Å². The highest BCUT2D eigenvalue weighted by Crippen LogP contribution is 2.31. The van der Waals surface area contributed by atoms with Gasteiger partial charge in [-0.2, -0.15) is 0 Å². The number of hydrogen-bond acceptors (Lipinski definition) is 15. The Hall–Kier alpha value is 2.87. The summed E-state index contributed by atoms with van der Waals surface area (Å²) < 4.78 is 105. The first-order chi connectivity index (χ1) is 56.7. The molecular weight excluding hydrogens is 1780 g/mol. The van der Waals surface area contributed by atoms with E-state index >= 15 is 0 Å². The fourth-order valence-corrected chi connectivity index (χ4v) is 45.2. The molecule has 0 aromatic rings. The van der Waals surface area contributed by atoms with Gasteiger partial charge in [-0.15, -0.1) is 0 Å². The molecule has 0 rings (SSSR count). The van der Waals surface area contributed by atoms with E-state index in [0.29, 0.717) is 96.1 Å². The molecule has 0 aliphatic rings. The van der Waals surface area contributed by atoms with Gasteiger partial charge in [0.2, 0.25) is 0 Å². The summed E-state index contributed by atoms with van der Waals surface area (Å²) >= 11 is 0. The molecule has 0 aliphatic carbocycles. The van der Waals surface area contributed by atoms with Crippen LogP contribution in [0.3, 0.4) is 0 Å². The van der Waals surface area contributed by atoms with Crippen LogP contribution in [0.5, 0.6) is 0 Å². The quantitative estimate of drug-likeness (QED) is 0.0421. The fraction of sp³-hybridized carbons (Fsp3) is 1.00. The van der Waals surface area contributed by atoms with Crippen molar-refractivity contribution in [1.82, 2.24) is 0 Å². The first-order valence-electron chi connectivity index (χ1n) is 50.3. The van der Waals surface area contributed by atoms with Gasteiger partial charge in [0.1, 0.15) is 0 Å². The molecule has 0 aromatic carbocycles. The monoisotopic (exact) mass is 1990 g/mol. The molecule has 122 heavy (non-hydrogen) atoms. The lowest BCUT2D eigenvalue weighted by atomic mass is 10.2.